The van der Waals surface area contributed by atoms with Crippen molar-refractivity contribution >= 4 is 21.8 Å². The lowest BCUT2D eigenvalue weighted by atomic mass is 9.77. The van der Waals surface area contributed by atoms with Crippen molar-refractivity contribution in [1.29, 1.82) is 0 Å². The molecule has 5 nitrogen and oxygen atoms in total. The summed E-state index contributed by atoms with van der Waals surface area (Å²) in [5.41, 5.74) is 14.4. The van der Waals surface area contributed by atoms with Gasteiger partial charge in [-0.2, -0.15) is 0 Å². The summed E-state index contributed by atoms with van der Waals surface area (Å²) in [6, 6.07) is 62.7. The Morgan fingerprint density at radius 2 is 1.09 bits per heavy atom. The van der Waals surface area contributed by atoms with Gasteiger partial charge in [0.1, 0.15) is 17.3 Å². The fraction of sp³-hybridized carbons (Fsp3) is 0.194. The van der Waals surface area contributed by atoms with Crippen molar-refractivity contribution in [2.45, 2.75) is 78.6 Å². The predicted octanol–water partition coefficient (Wildman–Crippen LogP) is 15.7. The zero-order valence-electron chi connectivity index (χ0n) is 40.1. The van der Waals surface area contributed by atoms with Gasteiger partial charge in [0.15, 0.2) is 0 Å². The molecule has 3 aromatic heterocycles. The zero-order valence-corrected chi connectivity index (χ0v) is 40.1. The number of fused-ring (bicyclic) bond motifs is 3. The SMILES string of the molecule is CC(C)(C)c1ccnc(-n2c3ccccc3c3ccc(Oc4cc(-c5ccccc5)cc(-n5[c-][n+](-c6cc(-c7ccccc7)c(C(C)(C)C)c(-c7ccccc7)c6)cc5C(C)(C)C)c4)cc32)c1. The lowest BCUT2D eigenvalue weighted by molar-refractivity contribution is -0.599. The van der Waals surface area contributed by atoms with Gasteiger partial charge in [0.05, 0.1) is 28.1 Å². The van der Waals surface area contributed by atoms with Crippen LogP contribution in [0.25, 0.3) is 72.4 Å². The minimum Gasteiger partial charge on any atom is -0.458 e. The molecule has 10 rings (SSSR count). The van der Waals surface area contributed by atoms with Gasteiger partial charge in [-0.15, -0.1) is 0 Å². The largest absolute Gasteiger partial charge is 0.458 e. The van der Waals surface area contributed by atoms with Crippen LogP contribution in [0.1, 0.15) is 79.1 Å². The molecule has 10 aromatic rings. The Labute approximate surface area is 395 Å². The van der Waals surface area contributed by atoms with Gasteiger partial charge in [0.25, 0.3) is 6.33 Å². The minimum absolute atomic E-state index is 0.0252. The van der Waals surface area contributed by atoms with Crippen LogP contribution in [0.15, 0.2) is 188 Å². The normalized spacial score (nSPS) is 12.3. The molecule has 0 saturated heterocycles. The molecule has 0 aliphatic heterocycles. The van der Waals surface area contributed by atoms with E-state index in [1.807, 2.05) is 6.20 Å². The first kappa shape index (κ1) is 43.4. The minimum atomic E-state index is -0.238. The number of hydrogen-bond acceptors (Lipinski definition) is 2. The number of benzene rings is 7. The number of imidazole rings is 1. The van der Waals surface area contributed by atoms with Gasteiger partial charge in [-0.05, 0) is 121 Å². The lowest BCUT2D eigenvalue weighted by Crippen LogP contribution is -2.29. The smallest absolute Gasteiger partial charge is 0.269 e. The molecule has 0 saturated carbocycles. The second kappa shape index (κ2) is 16.7. The van der Waals surface area contributed by atoms with Gasteiger partial charge >= 0.3 is 0 Å². The maximum Gasteiger partial charge on any atom is 0.269 e. The molecule has 0 fully saturated rings. The average molecular weight is 875 g/mol. The third kappa shape index (κ3) is 8.47. The third-order valence-electron chi connectivity index (χ3n) is 12.8. The molecular weight excluding hydrogens is 817 g/mol. The van der Waals surface area contributed by atoms with Crippen molar-refractivity contribution in [3.05, 3.63) is 211 Å². The van der Waals surface area contributed by atoms with E-state index in [-0.39, 0.29) is 16.2 Å². The van der Waals surface area contributed by atoms with E-state index in [2.05, 4.69) is 264 Å². The highest BCUT2D eigenvalue weighted by molar-refractivity contribution is 6.09. The van der Waals surface area contributed by atoms with Gasteiger partial charge in [0.2, 0.25) is 0 Å². The van der Waals surface area contributed by atoms with E-state index in [0.29, 0.717) is 0 Å². The van der Waals surface area contributed by atoms with Crippen LogP contribution >= 0.6 is 0 Å². The molecule has 3 heterocycles. The summed E-state index contributed by atoms with van der Waals surface area (Å²) in [7, 11) is 0. The predicted molar refractivity (Wildman–Crippen MR) is 277 cm³/mol. The summed E-state index contributed by atoms with van der Waals surface area (Å²) in [5.74, 6) is 2.35. The highest BCUT2D eigenvalue weighted by atomic mass is 16.5. The number of ether oxygens (including phenoxy) is 1. The molecule has 0 aliphatic carbocycles. The summed E-state index contributed by atoms with van der Waals surface area (Å²) in [5, 5.41) is 2.32. The monoisotopic (exact) mass is 874 g/mol. The standard InChI is InChI=1S/C62H58N4O/c1-60(2,3)46-31-32-63-58(35-46)66-55-28-20-19-27-51(55)52-30-29-49(39-56(52)66)67-50-34-45(42-21-13-10-14-22-42)33-48(36-50)65-41-64(40-57(65)61(4,5)6)47-37-53(43-23-15-11-16-24-43)59(62(7,8)9)54(38-47)44-25-17-12-18-26-44/h10-40H,1-9H3. The van der Waals surface area contributed by atoms with Gasteiger partial charge in [0, 0.05) is 29.2 Å². The molecule has 0 amide bonds. The highest BCUT2D eigenvalue weighted by Gasteiger charge is 2.27. The van der Waals surface area contributed by atoms with Gasteiger partial charge < -0.3 is 4.74 Å². The van der Waals surface area contributed by atoms with Crippen molar-refractivity contribution in [3.8, 4) is 62.1 Å². The van der Waals surface area contributed by atoms with E-state index in [1.165, 1.54) is 38.8 Å². The van der Waals surface area contributed by atoms with E-state index in [1.54, 1.807) is 0 Å². The highest BCUT2D eigenvalue weighted by Crippen LogP contribution is 2.42. The first-order valence-corrected chi connectivity index (χ1v) is 23.4. The van der Waals surface area contributed by atoms with Crippen molar-refractivity contribution < 1.29 is 9.30 Å². The van der Waals surface area contributed by atoms with Crippen molar-refractivity contribution in [3.63, 3.8) is 0 Å². The van der Waals surface area contributed by atoms with Crippen LogP contribution in [0.3, 0.4) is 0 Å². The molecule has 7 aromatic carbocycles. The fourth-order valence-corrected chi connectivity index (χ4v) is 9.47. The Bertz CT molecular complexity index is 3350. The van der Waals surface area contributed by atoms with E-state index >= 15 is 0 Å². The van der Waals surface area contributed by atoms with E-state index in [9.17, 15) is 0 Å². The quantitative estimate of drug-likeness (QED) is 0.113. The Hall–Kier alpha value is -7.50. The lowest BCUT2D eigenvalue weighted by Gasteiger charge is -2.28. The third-order valence-corrected chi connectivity index (χ3v) is 12.8. The van der Waals surface area contributed by atoms with Crippen molar-refractivity contribution in [1.82, 2.24) is 14.1 Å². The van der Waals surface area contributed by atoms with Gasteiger partial charge in [-0.1, -0.05) is 172 Å². The Morgan fingerprint density at radius 3 is 1.70 bits per heavy atom. The second-order valence-corrected chi connectivity index (χ2v) is 20.8. The van der Waals surface area contributed by atoms with Crippen LogP contribution in [0.4, 0.5) is 0 Å². The number of rotatable bonds is 8. The van der Waals surface area contributed by atoms with Crippen molar-refractivity contribution in [2.75, 3.05) is 0 Å². The molecule has 0 spiro atoms. The average Bonchev–Trinajstić information content (AvgIpc) is 3.92. The first-order valence-electron chi connectivity index (χ1n) is 23.4. The molecule has 0 unspecified atom stereocenters. The molecule has 0 aliphatic rings. The Balaban J connectivity index is 1.14. The summed E-state index contributed by atoms with van der Waals surface area (Å²) >= 11 is 0. The van der Waals surface area contributed by atoms with Crippen LogP contribution in [0.2, 0.25) is 0 Å². The maximum absolute atomic E-state index is 7.00. The number of nitrogens with zero attached hydrogens (tertiary/aromatic N) is 4. The van der Waals surface area contributed by atoms with Crippen molar-refractivity contribution in [2.24, 2.45) is 0 Å². The molecule has 0 N–H and O–H groups in total. The molecule has 0 radical (unpaired) electrons. The summed E-state index contributed by atoms with van der Waals surface area (Å²) in [6.07, 6.45) is 8.03. The Kier molecular flexibility index (Phi) is 10.8. The zero-order chi connectivity index (χ0) is 46.7. The van der Waals surface area contributed by atoms with Gasteiger partial charge in [-0.3, -0.25) is 13.7 Å². The molecular formula is C62H58N4O. The van der Waals surface area contributed by atoms with E-state index < -0.39 is 0 Å². The molecule has 0 atom stereocenters. The topological polar surface area (TPSA) is 35.9 Å². The van der Waals surface area contributed by atoms with Crippen LogP contribution in [0.5, 0.6) is 11.5 Å². The molecule has 0 bridgehead atoms. The second-order valence-electron chi connectivity index (χ2n) is 20.8. The molecule has 5 heteroatoms. The number of pyridine rings is 1. The number of para-hydroxylation sites is 1. The number of aromatic nitrogens is 4. The van der Waals surface area contributed by atoms with Crippen LogP contribution in [-0.4, -0.2) is 14.1 Å². The maximum atomic E-state index is 7.00. The summed E-state index contributed by atoms with van der Waals surface area (Å²) in [4.78, 5) is 4.92. The summed E-state index contributed by atoms with van der Waals surface area (Å²) in [6.45, 7) is 20.5. The van der Waals surface area contributed by atoms with E-state index in [4.69, 9.17) is 9.72 Å². The molecule has 332 valence electrons. The fourth-order valence-electron chi connectivity index (χ4n) is 9.47. The van der Waals surface area contributed by atoms with Crippen LogP contribution in [0, 0.1) is 6.33 Å². The van der Waals surface area contributed by atoms with Crippen LogP contribution < -0.4 is 9.30 Å². The number of hydrogen-bond donors (Lipinski definition) is 0. The van der Waals surface area contributed by atoms with Crippen LogP contribution in [-0.2, 0) is 16.2 Å². The molecule has 67 heavy (non-hydrogen) atoms. The Morgan fingerprint density at radius 1 is 0.493 bits per heavy atom. The van der Waals surface area contributed by atoms with Gasteiger partial charge in [-0.25, -0.2) is 4.98 Å². The summed E-state index contributed by atoms with van der Waals surface area (Å²) < 4.78 is 13.7. The first-order chi connectivity index (χ1) is 32.1. The van der Waals surface area contributed by atoms with E-state index in [0.717, 1.165) is 61.9 Å².